The molecule has 0 aliphatic carbocycles. The number of hydrogen-bond acceptors (Lipinski definition) is 5. The van der Waals surface area contributed by atoms with Gasteiger partial charge in [0.2, 0.25) is 20.0 Å². The van der Waals surface area contributed by atoms with E-state index >= 15 is 0 Å². The molecular formula is C10H15Cl2N3O4S2. The molecule has 1 aromatic rings. The van der Waals surface area contributed by atoms with Crippen LogP contribution in [0.5, 0.6) is 0 Å². The van der Waals surface area contributed by atoms with Crippen LogP contribution in [0, 0.1) is 0 Å². The zero-order chi connectivity index (χ0) is 16.5. The van der Waals surface area contributed by atoms with Crippen molar-refractivity contribution in [2.75, 3.05) is 12.8 Å². The van der Waals surface area contributed by atoms with Gasteiger partial charge in [-0.15, -0.1) is 0 Å². The Labute approximate surface area is 134 Å². The highest BCUT2D eigenvalue weighted by molar-refractivity contribution is 7.89. The van der Waals surface area contributed by atoms with Gasteiger partial charge in [-0.25, -0.2) is 31.3 Å². The Hall–Kier alpha value is -0.450. The molecule has 1 heterocycles. The zero-order valence-electron chi connectivity index (χ0n) is 11.5. The lowest BCUT2D eigenvalue weighted by Gasteiger charge is -2.25. The molecule has 0 spiro atoms. The molecule has 0 fully saturated rings. The summed E-state index contributed by atoms with van der Waals surface area (Å²) >= 11 is 11.3. The highest BCUT2D eigenvalue weighted by Crippen LogP contribution is 2.22. The van der Waals surface area contributed by atoms with Gasteiger partial charge in [0.25, 0.3) is 0 Å². The predicted octanol–water partition coefficient (Wildman–Crippen LogP) is 0.995. The second kappa shape index (κ2) is 6.35. The zero-order valence-corrected chi connectivity index (χ0v) is 14.7. The van der Waals surface area contributed by atoms with E-state index in [-0.39, 0.29) is 21.6 Å². The lowest BCUT2D eigenvalue weighted by molar-refractivity contribution is 0.446. The molecule has 7 nitrogen and oxygen atoms in total. The van der Waals surface area contributed by atoms with Gasteiger partial charge in [0.1, 0.15) is 10.0 Å². The summed E-state index contributed by atoms with van der Waals surface area (Å²) in [6.45, 7) is 2.94. The van der Waals surface area contributed by atoms with Crippen LogP contribution in [0.3, 0.4) is 0 Å². The lowest BCUT2D eigenvalue weighted by atomic mass is 10.1. The molecule has 0 aliphatic heterocycles. The van der Waals surface area contributed by atoms with Gasteiger partial charge in [0.15, 0.2) is 0 Å². The van der Waals surface area contributed by atoms with Crippen LogP contribution in [0.15, 0.2) is 17.2 Å². The Balaban J connectivity index is 2.89. The maximum absolute atomic E-state index is 12.1. The highest BCUT2D eigenvalue weighted by atomic mass is 35.5. The van der Waals surface area contributed by atoms with E-state index < -0.39 is 25.6 Å². The van der Waals surface area contributed by atoms with Crippen molar-refractivity contribution in [3.05, 3.63) is 22.4 Å². The summed E-state index contributed by atoms with van der Waals surface area (Å²) in [4.78, 5) is 3.49. The minimum atomic E-state index is -3.88. The second-order valence-electron chi connectivity index (χ2n) is 5.03. The molecule has 0 saturated heterocycles. The molecule has 0 bridgehead atoms. The normalized spacial score (nSPS) is 13.4. The average Bonchev–Trinajstić information content (AvgIpc) is 2.27. The quantitative estimate of drug-likeness (QED) is 0.721. The number of hydrogen-bond donors (Lipinski definition) is 2. The molecule has 0 radical (unpaired) electrons. The molecule has 21 heavy (non-hydrogen) atoms. The van der Waals surface area contributed by atoms with Crippen molar-refractivity contribution in [1.29, 1.82) is 0 Å². The van der Waals surface area contributed by atoms with Crippen molar-refractivity contribution < 1.29 is 16.8 Å². The van der Waals surface area contributed by atoms with E-state index in [2.05, 4.69) is 14.4 Å². The van der Waals surface area contributed by atoms with Crippen molar-refractivity contribution in [3.63, 3.8) is 0 Å². The Kier molecular flexibility index (Phi) is 5.62. The molecule has 0 amide bonds. The number of halogens is 2. The van der Waals surface area contributed by atoms with Crippen molar-refractivity contribution in [3.8, 4) is 0 Å². The van der Waals surface area contributed by atoms with Gasteiger partial charge in [-0.1, -0.05) is 23.2 Å². The largest absolute Gasteiger partial charge is 0.242 e. The third-order valence-corrected chi connectivity index (χ3v) is 5.22. The van der Waals surface area contributed by atoms with Crippen molar-refractivity contribution in [1.82, 2.24) is 14.4 Å². The molecule has 0 aromatic carbocycles. The summed E-state index contributed by atoms with van der Waals surface area (Å²) in [7, 11) is -7.34. The van der Waals surface area contributed by atoms with Crippen molar-refractivity contribution >= 4 is 43.2 Å². The number of pyridine rings is 1. The molecule has 0 atom stereocenters. The molecule has 0 aliphatic rings. The smallest absolute Gasteiger partial charge is 0.242 e. The van der Waals surface area contributed by atoms with Gasteiger partial charge < -0.3 is 0 Å². The third-order valence-electron chi connectivity index (χ3n) is 2.25. The molecule has 2 N–H and O–H groups in total. The minimum Gasteiger partial charge on any atom is -0.242 e. The van der Waals surface area contributed by atoms with Crippen molar-refractivity contribution in [2.45, 2.75) is 24.3 Å². The van der Waals surface area contributed by atoms with Gasteiger partial charge >= 0.3 is 0 Å². The summed E-state index contributed by atoms with van der Waals surface area (Å²) < 4.78 is 51.2. The number of nitrogens with zero attached hydrogens (tertiary/aromatic N) is 1. The Morgan fingerprint density at radius 3 is 2.29 bits per heavy atom. The summed E-state index contributed by atoms with van der Waals surface area (Å²) in [5.74, 6) is 0. The van der Waals surface area contributed by atoms with E-state index in [4.69, 9.17) is 23.2 Å². The Morgan fingerprint density at radius 1 is 1.24 bits per heavy atom. The first-order chi connectivity index (χ1) is 9.32. The predicted molar refractivity (Wildman–Crippen MR) is 81.5 cm³/mol. The molecule has 0 unspecified atom stereocenters. The molecule has 0 saturated carbocycles. The van der Waals surface area contributed by atoms with Gasteiger partial charge in [0.05, 0.1) is 11.3 Å². The fourth-order valence-electron chi connectivity index (χ4n) is 1.45. The molecule has 11 heteroatoms. The van der Waals surface area contributed by atoms with E-state index in [0.717, 1.165) is 18.5 Å². The second-order valence-corrected chi connectivity index (χ2v) is 9.31. The van der Waals surface area contributed by atoms with E-state index in [1.165, 1.54) is 0 Å². The number of sulfonamides is 2. The monoisotopic (exact) mass is 375 g/mol. The molecule has 1 rings (SSSR count). The summed E-state index contributed by atoms with van der Waals surface area (Å²) in [6, 6.07) is 1.16. The maximum Gasteiger partial charge on any atom is 0.242 e. The summed E-state index contributed by atoms with van der Waals surface area (Å²) in [5.41, 5.74) is -0.996. The maximum atomic E-state index is 12.1. The van der Waals surface area contributed by atoms with E-state index in [9.17, 15) is 16.8 Å². The van der Waals surface area contributed by atoms with Crippen LogP contribution in [0.1, 0.15) is 13.8 Å². The number of aromatic nitrogens is 1. The van der Waals surface area contributed by atoms with Crippen LogP contribution in [-0.4, -0.2) is 40.2 Å². The van der Waals surface area contributed by atoms with Crippen LogP contribution in [0.25, 0.3) is 0 Å². The molecular weight excluding hydrogens is 361 g/mol. The summed E-state index contributed by atoms with van der Waals surface area (Å²) in [6.07, 6.45) is 2.06. The number of nitrogens with one attached hydrogen (secondary N) is 2. The van der Waals surface area contributed by atoms with Crippen LogP contribution in [0.2, 0.25) is 10.2 Å². The number of rotatable bonds is 6. The van der Waals surface area contributed by atoms with Gasteiger partial charge in [0, 0.05) is 18.3 Å². The average molecular weight is 376 g/mol. The van der Waals surface area contributed by atoms with E-state index in [0.29, 0.717) is 0 Å². The fourth-order valence-corrected chi connectivity index (χ4v) is 4.04. The minimum absolute atomic E-state index is 0.00492. The SMILES string of the molecule is CC(C)(CNS(=O)(=O)c1cnc(Cl)c(Cl)c1)NS(C)(=O)=O. The first kappa shape index (κ1) is 18.6. The summed E-state index contributed by atoms with van der Waals surface area (Å²) in [5, 5.41) is 0.00255. The standard InChI is InChI=1S/C10H15Cl2N3O4S2/c1-10(2,15-20(3,16)17)6-14-21(18,19)7-4-8(11)9(12)13-5-7/h4-5,14-15H,6H2,1-3H3. The van der Waals surface area contributed by atoms with Crippen LogP contribution in [-0.2, 0) is 20.0 Å². The fraction of sp³-hybridized carbons (Fsp3) is 0.500. The van der Waals surface area contributed by atoms with Gasteiger partial charge in [-0.05, 0) is 19.9 Å². The van der Waals surface area contributed by atoms with Crippen LogP contribution < -0.4 is 9.44 Å². The lowest BCUT2D eigenvalue weighted by Crippen LogP contribution is -2.50. The van der Waals surface area contributed by atoms with Gasteiger partial charge in [-0.3, -0.25) is 0 Å². The van der Waals surface area contributed by atoms with E-state index in [1.807, 2.05) is 0 Å². The highest BCUT2D eigenvalue weighted by Gasteiger charge is 2.25. The van der Waals surface area contributed by atoms with Crippen molar-refractivity contribution in [2.24, 2.45) is 0 Å². The van der Waals surface area contributed by atoms with Crippen LogP contribution in [0.4, 0.5) is 0 Å². The first-order valence-corrected chi connectivity index (χ1v) is 9.75. The van der Waals surface area contributed by atoms with Crippen LogP contribution >= 0.6 is 23.2 Å². The van der Waals surface area contributed by atoms with E-state index in [1.54, 1.807) is 13.8 Å². The third kappa shape index (κ3) is 6.05. The first-order valence-electron chi connectivity index (χ1n) is 5.62. The topological polar surface area (TPSA) is 105 Å². The molecule has 120 valence electrons. The van der Waals surface area contributed by atoms with Gasteiger partial charge in [-0.2, -0.15) is 0 Å². The molecule has 1 aromatic heterocycles. The Bertz CT molecular complexity index is 733. The Morgan fingerprint density at radius 2 is 1.81 bits per heavy atom.